The van der Waals surface area contributed by atoms with Crippen LogP contribution < -0.4 is 11.1 Å². The molecule has 0 radical (unpaired) electrons. The van der Waals surface area contributed by atoms with Gasteiger partial charge in [0.25, 0.3) is 0 Å². The molecule has 0 spiro atoms. The number of nitrogens with zero attached hydrogens (tertiary/aromatic N) is 2. The van der Waals surface area contributed by atoms with Gasteiger partial charge in [0.1, 0.15) is 0 Å². The Labute approximate surface area is 101 Å². The van der Waals surface area contributed by atoms with Gasteiger partial charge in [0.2, 0.25) is 0 Å². The molecule has 0 aliphatic heterocycles. The molecule has 1 aromatic heterocycles. The maximum atomic E-state index is 6.00. The predicted octanol–water partition coefficient (Wildman–Crippen LogP) is 2.62. The lowest BCUT2D eigenvalue weighted by Gasteiger charge is -2.11. The van der Waals surface area contributed by atoms with Crippen molar-refractivity contribution in [2.75, 3.05) is 11.1 Å². The molecule has 0 fully saturated rings. The number of hydrogen-bond acceptors (Lipinski definition) is 3. The molecule has 17 heavy (non-hydrogen) atoms. The fraction of sp³-hybridized carbons (Fsp3) is 0.308. The molecular formula is C13H18N4. The van der Waals surface area contributed by atoms with E-state index in [0.29, 0.717) is 5.69 Å². The summed E-state index contributed by atoms with van der Waals surface area (Å²) in [6.07, 6.45) is 0.986. The van der Waals surface area contributed by atoms with Crippen molar-refractivity contribution in [3.63, 3.8) is 0 Å². The van der Waals surface area contributed by atoms with Crippen molar-refractivity contribution >= 4 is 17.2 Å². The van der Waals surface area contributed by atoms with Gasteiger partial charge in [-0.15, -0.1) is 0 Å². The Hall–Kier alpha value is -1.97. The van der Waals surface area contributed by atoms with E-state index < -0.39 is 0 Å². The van der Waals surface area contributed by atoms with Crippen LogP contribution in [0.4, 0.5) is 17.2 Å². The summed E-state index contributed by atoms with van der Waals surface area (Å²) in [4.78, 5) is 0. The lowest BCUT2D eigenvalue weighted by Crippen LogP contribution is -2.03. The van der Waals surface area contributed by atoms with Crippen LogP contribution in [0, 0.1) is 6.92 Å². The number of nitrogens with one attached hydrogen (secondary N) is 1. The topological polar surface area (TPSA) is 55.9 Å². The zero-order chi connectivity index (χ0) is 12.4. The Balaban J connectivity index is 2.38. The SMILES string of the molecule is CCc1ccccc1Nc1c(N)c(C)nn1C. The van der Waals surface area contributed by atoms with Crippen LogP contribution in [-0.4, -0.2) is 9.78 Å². The third kappa shape index (κ3) is 2.11. The van der Waals surface area contributed by atoms with Crippen molar-refractivity contribution in [1.29, 1.82) is 0 Å². The average Bonchev–Trinajstić information content (AvgIpc) is 2.57. The summed E-state index contributed by atoms with van der Waals surface area (Å²) < 4.78 is 1.77. The lowest BCUT2D eigenvalue weighted by molar-refractivity contribution is 0.764. The highest BCUT2D eigenvalue weighted by molar-refractivity contribution is 5.72. The van der Waals surface area contributed by atoms with Gasteiger partial charge < -0.3 is 11.1 Å². The summed E-state index contributed by atoms with van der Waals surface area (Å²) >= 11 is 0. The molecule has 0 bridgehead atoms. The average molecular weight is 230 g/mol. The molecule has 1 aromatic carbocycles. The minimum atomic E-state index is 0.707. The number of para-hydroxylation sites is 1. The van der Waals surface area contributed by atoms with Crippen LogP contribution in [0.3, 0.4) is 0 Å². The number of aromatic nitrogens is 2. The van der Waals surface area contributed by atoms with Gasteiger partial charge in [-0.1, -0.05) is 25.1 Å². The van der Waals surface area contributed by atoms with E-state index in [2.05, 4.69) is 29.5 Å². The molecule has 90 valence electrons. The van der Waals surface area contributed by atoms with E-state index in [-0.39, 0.29) is 0 Å². The van der Waals surface area contributed by atoms with Crippen LogP contribution in [0.25, 0.3) is 0 Å². The molecule has 0 atom stereocenters. The van der Waals surface area contributed by atoms with Gasteiger partial charge in [0.05, 0.1) is 11.4 Å². The molecule has 0 unspecified atom stereocenters. The van der Waals surface area contributed by atoms with Gasteiger partial charge >= 0.3 is 0 Å². The zero-order valence-electron chi connectivity index (χ0n) is 10.5. The highest BCUT2D eigenvalue weighted by Crippen LogP contribution is 2.27. The molecule has 1 heterocycles. The fourth-order valence-corrected chi connectivity index (χ4v) is 1.90. The van der Waals surface area contributed by atoms with Crippen molar-refractivity contribution < 1.29 is 0 Å². The van der Waals surface area contributed by atoms with Crippen LogP contribution in [0.1, 0.15) is 18.2 Å². The zero-order valence-corrected chi connectivity index (χ0v) is 10.5. The van der Waals surface area contributed by atoms with E-state index in [4.69, 9.17) is 5.73 Å². The van der Waals surface area contributed by atoms with Crippen molar-refractivity contribution in [3.05, 3.63) is 35.5 Å². The van der Waals surface area contributed by atoms with Crippen molar-refractivity contribution in [2.24, 2.45) is 7.05 Å². The fourth-order valence-electron chi connectivity index (χ4n) is 1.90. The molecular weight excluding hydrogens is 212 g/mol. The number of aryl methyl sites for hydroxylation is 3. The van der Waals surface area contributed by atoms with Gasteiger partial charge in [-0.05, 0) is 25.0 Å². The monoisotopic (exact) mass is 230 g/mol. The maximum absolute atomic E-state index is 6.00. The smallest absolute Gasteiger partial charge is 0.152 e. The van der Waals surface area contributed by atoms with Crippen LogP contribution in [-0.2, 0) is 13.5 Å². The largest absolute Gasteiger partial charge is 0.394 e. The minimum Gasteiger partial charge on any atom is -0.394 e. The van der Waals surface area contributed by atoms with Gasteiger partial charge in [0, 0.05) is 12.7 Å². The minimum absolute atomic E-state index is 0.707. The van der Waals surface area contributed by atoms with Crippen molar-refractivity contribution in [2.45, 2.75) is 20.3 Å². The molecule has 0 amide bonds. The second kappa shape index (κ2) is 4.49. The number of nitrogen functional groups attached to an aromatic ring is 1. The van der Waals surface area contributed by atoms with Crippen molar-refractivity contribution in [1.82, 2.24) is 9.78 Å². The molecule has 2 rings (SSSR count). The quantitative estimate of drug-likeness (QED) is 0.852. The number of nitrogens with two attached hydrogens (primary N) is 1. The molecule has 0 aliphatic rings. The van der Waals surface area contributed by atoms with E-state index in [1.165, 1.54) is 5.56 Å². The van der Waals surface area contributed by atoms with Crippen LogP contribution in [0.15, 0.2) is 24.3 Å². The predicted molar refractivity (Wildman–Crippen MR) is 71.5 cm³/mol. The van der Waals surface area contributed by atoms with Gasteiger partial charge in [-0.3, -0.25) is 4.68 Å². The lowest BCUT2D eigenvalue weighted by atomic mass is 10.1. The van der Waals surface area contributed by atoms with E-state index in [1.54, 1.807) is 4.68 Å². The Bertz CT molecular complexity index is 528. The molecule has 0 saturated heterocycles. The molecule has 0 saturated carbocycles. The molecule has 4 heteroatoms. The Morgan fingerprint density at radius 2 is 2.06 bits per heavy atom. The number of rotatable bonds is 3. The normalized spacial score (nSPS) is 10.5. The second-order valence-electron chi connectivity index (χ2n) is 4.11. The summed E-state index contributed by atoms with van der Waals surface area (Å²) in [5, 5.41) is 7.65. The Morgan fingerprint density at radius 3 is 2.65 bits per heavy atom. The van der Waals surface area contributed by atoms with E-state index in [1.807, 2.05) is 26.1 Å². The highest BCUT2D eigenvalue weighted by Gasteiger charge is 2.10. The molecule has 4 nitrogen and oxygen atoms in total. The number of anilines is 3. The van der Waals surface area contributed by atoms with Crippen LogP contribution in [0.2, 0.25) is 0 Å². The van der Waals surface area contributed by atoms with Crippen LogP contribution >= 0.6 is 0 Å². The third-order valence-corrected chi connectivity index (χ3v) is 2.92. The van der Waals surface area contributed by atoms with E-state index in [9.17, 15) is 0 Å². The molecule has 3 N–H and O–H groups in total. The first-order chi connectivity index (χ1) is 8.13. The van der Waals surface area contributed by atoms with Crippen LogP contribution in [0.5, 0.6) is 0 Å². The van der Waals surface area contributed by atoms with E-state index in [0.717, 1.165) is 23.6 Å². The highest BCUT2D eigenvalue weighted by atomic mass is 15.3. The summed E-state index contributed by atoms with van der Waals surface area (Å²) in [6, 6.07) is 8.23. The van der Waals surface area contributed by atoms with Gasteiger partial charge in [0.15, 0.2) is 5.82 Å². The first kappa shape index (κ1) is 11.5. The molecule has 0 aliphatic carbocycles. The van der Waals surface area contributed by atoms with Crippen molar-refractivity contribution in [3.8, 4) is 0 Å². The summed E-state index contributed by atoms with van der Waals surface area (Å²) in [6.45, 7) is 4.05. The summed E-state index contributed by atoms with van der Waals surface area (Å²) in [7, 11) is 1.89. The van der Waals surface area contributed by atoms with E-state index >= 15 is 0 Å². The maximum Gasteiger partial charge on any atom is 0.152 e. The second-order valence-corrected chi connectivity index (χ2v) is 4.11. The first-order valence-electron chi connectivity index (χ1n) is 5.77. The number of benzene rings is 1. The van der Waals surface area contributed by atoms with Gasteiger partial charge in [-0.25, -0.2) is 0 Å². The van der Waals surface area contributed by atoms with Gasteiger partial charge in [-0.2, -0.15) is 5.10 Å². The number of hydrogen-bond donors (Lipinski definition) is 2. The first-order valence-corrected chi connectivity index (χ1v) is 5.77. The molecule has 2 aromatic rings. The Morgan fingerprint density at radius 1 is 1.35 bits per heavy atom. The standard InChI is InChI=1S/C13H18N4/c1-4-10-7-5-6-8-11(10)15-13-12(14)9(2)16-17(13)3/h5-8,15H,4,14H2,1-3H3. The summed E-state index contributed by atoms with van der Waals surface area (Å²) in [5.74, 6) is 0.850. The third-order valence-electron chi connectivity index (χ3n) is 2.92. The Kier molecular flexibility index (Phi) is 3.04. The summed E-state index contributed by atoms with van der Waals surface area (Å²) in [5.41, 5.74) is 9.91.